The van der Waals surface area contributed by atoms with E-state index in [0.29, 0.717) is 12.8 Å². The molecule has 0 spiro atoms. The van der Waals surface area contributed by atoms with Crippen LogP contribution in [0.4, 0.5) is 0 Å². The minimum atomic E-state index is -4.75. The molecule has 4 N–H and O–H groups in total. The van der Waals surface area contributed by atoms with Crippen molar-refractivity contribution in [2.75, 3.05) is 19.8 Å². The first kappa shape index (κ1) is 50.0. The molecule has 0 rings (SSSR count). The Kier molecular flexibility index (Phi) is 34.6. The van der Waals surface area contributed by atoms with Crippen LogP contribution in [0.3, 0.4) is 0 Å². The van der Waals surface area contributed by atoms with Crippen LogP contribution in [0.15, 0.2) is 24.3 Å². The Balaban J connectivity index is 3.95. The topological polar surface area (TPSA) is 169 Å². The maximum absolute atomic E-state index is 12.3. The van der Waals surface area contributed by atoms with Crippen molar-refractivity contribution in [3.63, 3.8) is 0 Å². The fourth-order valence-corrected chi connectivity index (χ4v) is 6.28. The molecule has 12 heteroatoms. The lowest BCUT2D eigenvalue weighted by Gasteiger charge is -2.18. The Hall–Kier alpha value is -2.04. The van der Waals surface area contributed by atoms with Crippen molar-refractivity contribution in [1.29, 1.82) is 0 Å². The number of carboxylic acid groups (broad SMARTS) is 1. The Morgan fingerprint density at radius 1 is 0.615 bits per heavy atom. The number of aliphatic carboxylic acids is 1. The SMILES string of the molecule is CCCC/C=C\C/C=C\CCCCCCCC(=O)OCC(O)COP(=O)(O)OCC(NC(=O)CCCCCCCCCCCCCCCC)C(=O)O. The number of carboxylic acids is 1. The molecular formula is C40H74NO10P. The number of unbranched alkanes of at least 4 members (excludes halogenated alkanes) is 20. The molecule has 52 heavy (non-hydrogen) atoms. The summed E-state index contributed by atoms with van der Waals surface area (Å²) >= 11 is 0. The molecule has 304 valence electrons. The first-order chi connectivity index (χ1) is 25.1. The Bertz CT molecular complexity index is 989. The van der Waals surface area contributed by atoms with Gasteiger partial charge in [-0.05, 0) is 38.5 Å². The molecule has 1 amide bonds. The number of carbonyl (C=O) groups excluding carboxylic acids is 2. The van der Waals surface area contributed by atoms with Crippen molar-refractivity contribution >= 4 is 25.7 Å². The van der Waals surface area contributed by atoms with Crippen LogP contribution in [0, 0.1) is 0 Å². The van der Waals surface area contributed by atoms with E-state index in [4.69, 9.17) is 13.8 Å². The number of hydrogen-bond donors (Lipinski definition) is 4. The second kappa shape index (κ2) is 36.0. The smallest absolute Gasteiger partial charge is 0.472 e. The van der Waals surface area contributed by atoms with E-state index in [2.05, 4.69) is 43.5 Å². The number of aliphatic hydroxyl groups is 1. The number of phosphoric acid groups is 1. The van der Waals surface area contributed by atoms with Crippen LogP contribution < -0.4 is 5.32 Å². The summed E-state index contributed by atoms with van der Waals surface area (Å²) in [5.74, 6) is -2.38. The molecule has 0 aliphatic heterocycles. The van der Waals surface area contributed by atoms with Gasteiger partial charge in [0.05, 0.1) is 13.2 Å². The highest BCUT2D eigenvalue weighted by Gasteiger charge is 2.28. The van der Waals surface area contributed by atoms with Crippen LogP contribution in [-0.4, -0.2) is 64.9 Å². The second-order valence-electron chi connectivity index (χ2n) is 13.8. The summed E-state index contributed by atoms with van der Waals surface area (Å²) in [6.07, 6.45) is 34.8. The highest BCUT2D eigenvalue weighted by Crippen LogP contribution is 2.43. The molecule has 0 radical (unpaired) electrons. The lowest BCUT2D eigenvalue weighted by atomic mass is 10.0. The van der Waals surface area contributed by atoms with Crippen LogP contribution in [-0.2, 0) is 32.7 Å². The molecule has 0 aliphatic carbocycles. The number of rotatable bonds is 38. The zero-order chi connectivity index (χ0) is 38.5. The zero-order valence-corrected chi connectivity index (χ0v) is 33.5. The van der Waals surface area contributed by atoms with Gasteiger partial charge in [-0.3, -0.25) is 18.6 Å². The van der Waals surface area contributed by atoms with Crippen molar-refractivity contribution in [3.8, 4) is 0 Å². The number of allylic oxidation sites excluding steroid dienone is 4. The average Bonchev–Trinajstić information content (AvgIpc) is 3.11. The van der Waals surface area contributed by atoms with E-state index in [0.717, 1.165) is 64.2 Å². The lowest BCUT2D eigenvalue weighted by molar-refractivity contribution is -0.147. The predicted octanol–water partition coefficient (Wildman–Crippen LogP) is 9.89. The van der Waals surface area contributed by atoms with Crippen molar-refractivity contribution in [1.82, 2.24) is 5.32 Å². The molecule has 0 aromatic rings. The molecule has 0 fully saturated rings. The Morgan fingerprint density at radius 2 is 1.08 bits per heavy atom. The third kappa shape index (κ3) is 35.0. The highest BCUT2D eigenvalue weighted by atomic mass is 31.2. The molecule has 3 unspecified atom stereocenters. The summed E-state index contributed by atoms with van der Waals surface area (Å²) in [6.45, 7) is 2.53. The summed E-state index contributed by atoms with van der Waals surface area (Å²) < 4.78 is 26.7. The van der Waals surface area contributed by atoms with E-state index in [1.54, 1.807) is 0 Å². The van der Waals surface area contributed by atoms with Crippen LogP contribution in [0.5, 0.6) is 0 Å². The number of nitrogens with one attached hydrogen (secondary N) is 1. The minimum Gasteiger partial charge on any atom is -0.480 e. The number of amides is 1. The normalized spacial score (nSPS) is 14.1. The summed E-state index contributed by atoms with van der Waals surface area (Å²) in [5, 5.41) is 21.8. The summed E-state index contributed by atoms with van der Waals surface area (Å²) in [5.41, 5.74) is 0. The molecule has 3 atom stereocenters. The van der Waals surface area contributed by atoms with Crippen molar-refractivity contribution in [2.45, 2.75) is 193 Å². The summed E-state index contributed by atoms with van der Waals surface area (Å²) in [6, 6.07) is -1.54. The number of phosphoric ester groups is 1. The molecule has 0 aromatic carbocycles. The first-order valence-electron chi connectivity index (χ1n) is 20.4. The van der Waals surface area contributed by atoms with Gasteiger partial charge in [0.15, 0.2) is 6.04 Å². The van der Waals surface area contributed by atoms with Gasteiger partial charge in [-0.1, -0.05) is 154 Å². The highest BCUT2D eigenvalue weighted by molar-refractivity contribution is 7.47. The lowest BCUT2D eigenvalue weighted by Crippen LogP contribution is -2.43. The maximum atomic E-state index is 12.3. The van der Waals surface area contributed by atoms with Gasteiger partial charge < -0.3 is 25.2 Å². The van der Waals surface area contributed by atoms with Crippen LogP contribution in [0.1, 0.15) is 181 Å². The first-order valence-corrected chi connectivity index (χ1v) is 21.9. The predicted molar refractivity (Wildman–Crippen MR) is 208 cm³/mol. The standard InChI is InChI=1S/C40H74NO10P/c1-3-5-7-9-11-13-15-17-19-21-23-25-27-29-31-38(43)41-37(40(45)46)35-51-52(47,48)50-34-36(42)33-49-39(44)32-30-28-26-24-22-20-18-16-14-12-10-8-6-4-2/h10,12,16,18,36-37,42H,3-9,11,13-15,17,19-35H2,1-2H3,(H,41,43)(H,45,46)(H,47,48)/b12-10-,18-16-. The minimum absolute atomic E-state index is 0.148. The molecule has 0 aromatic heterocycles. The number of carbonyl (C=O) groups is 3. The number of esters is 1. The molecular weight excluding hydrogens is 685 g/mol. The molecule has 0 heterocycles. The van der Waals surface area contributed by atoms with Crippen LogP contribution in [0.25, 0.3) is 0 Å². The van der Waals surface area contributed by atoms with Crippen molar-refractivity contribution in [3.05, 3.63) is 24.3 Å². The van der Waals surface area contributed by atoms with E-state index in [1.807, 2.05) is 0 Å². The van der Waals surface area contributed by atoms with E-state index < -0.39 is 57.6 Å². The number of aliphatic hydroxyl groups excluding tert-OH is 1. The Morgan fingerprint density at radius 3 is 1.62 bits per heavy atom. The molecule has 0 saturated carbocycles. The third-order valence-corrected chi connectivity index (χ3v) is 9.69. The summed E-state index contributed by atoms with van der Waals surface area (Å²) in [7, 11) is -4.75. The van der Waals surface area contributed by atoms with E-state index in [9.17, 15) is 34.1 Å². The summed E-state index contributed by atoms with van der Waals surface area (Å²) in [4.78, 5) is 45.8. The largest absolute Gasteiger partial charge is 0.480 e. The fourth-order valence-electron chi connectivity index (χ4n) is 5.51. The number of hydrogen-bond acceptors (Lipinski definition) is 8. The van der Waals surface area contributed by atoms with Gasteiger partial charge in [-0.2, -0.15) is 0 Å². The number of ether oxygens (including phenoxy) is 1. The second-order valence-corrected chi connectivity index (χ2v) is 15.3. The third-order valence-electron chi connectivity index (χ3n) is 8.74. The van der Waals surface area contributed by atoms with Gasteiger partial charge in [-0.15, -0.1) is 0 Å². The van der Waals surface area contributed by atoms with Gasteiger partial charge in [0.25, 0.3) is 0 Å². The van der Waals surface area contributed by atoms with Crippen molar-refractivity contribution in [2.24, 2.45) is 0 Å². The molecule has 11 nitrogen and oxygen atoms in total. The van der Waals surface area contributed by atoms with Gasteiger partial charge in [-0.25, -0.2) is 9.36 Å². The quantitative estimate of drug-likeness (QED) is 0.0206. The monoisotopic (exact) mass is 760 g/mol. The van der Waals surface area contributed by atoms with Crippen LogP contribution in [0.2, 0.25) is 0 Å². The maximum Gasteiger partial charge on any atom is 0.472 e. The van der Waals surface area contributed by atoms with Gasteiger partial charge in [0, 0.05) is 12.8 Å². The fraction of sp³-hybridized carbons (Fsp3) is 0.825. The molecule has 0 bridgehead atoms. The van der Waals surface area contributed by atoms with Crippen molar-refractivity contribution < 1.29 is 47.8 Å². The zero-order valence-electron chi connectivity index (χ0n) is 32.6. The van der Waals surface area contributed by atoms with E-state index in [1.165, 1.54) is 77.0 Å². The van der Waals surface area contributed by atoms with E-state index >= 15 is 0 Å². The van der Waals surface area contributed by atoms with E-state index in [-0.39, 0.29) is 12.8 Å². The average molecular weight is 760 g/mol. The van der Waals surface area contributed by atoms with Gasteiger partial charge in [0.2, 0.25) is 5.91 Å². The van der Waals surface area contributed by atoms with Gasteiger partial charge in [0.1, 0.15) is 12.7 Å². The van der Waals surface area contributed by atoms with Gasteiger partial charge >= 0.3 is 19.8 Å². The molecule has 0 aliphatic rings. The van der Waals surface area contributed by atoms with Crippen LogP contribution >= 0.6 is 7.82 Å². The Labute approximate surface area is 315 Å². The molecule has 0 saturated heterocycles.